The van der Waals surface area contributed by atoms with Crippen LogP contribution in [-0.2, 0) is 9.47 Å². The number of aliphatic hydroxyl groups is 6. The minimum absolute atomic E-state index is 0.0856. The normalized spacial score (nSPS) is 51.0. The summed E-state index contributed by atoms with van der Waals surface area (Å²) < 4.78 is 10.4. The second-order valence-corrected chi connectivity index (χ2v) is 5.99. The Morgan fingerprint density at radius 2 is 1.59 bits per heavy atom. The molecule has 2 fully saturated rings. The van der Waals surface area contributed by atoms with Crippen molar-refractivity contribution < 1.29 is 40.1 Å². The quantitative estimate of drug-likeness (QED) is 0.308. The van der Waals surface area contributed by atoms with Crippen molar-refractivity contribution >= 4 is 0 Å². The Labute approximate surface area is 128 Å². The van der Waals surface area contributed by atoms with Crippen LogP contribution in [0.3, 0.4) is 0 Å². The van der Waals surface area contributed by atoms with Gasteiger partial charge < -0.3 is 40.1 Å². The van der Waals surface area contributed by atoms with E-state index in [1.807, 2.05) is 0 Å². The van der Waals surface area contributed by atoms with Crippen LogP contribution >= 0.6 is 0 Å². The lowest BCUT2D eigenvalue weighted by atomic mass is 9.93. The zero-order valence-corrected chi connectivity index (χ0v) is 12.6. The molecule has 0 radical (unpaired) electrons. The average molecular weight is 323 g/mol. The lowest BCUT2D eigenvalue weighted by molar-refractivity contribution is -0.294. The van der Waals surface area contributed by atoms with Crippen LogP contribution < -0.4 is 0 Å². The minimum atomic E-state index is -1.43. The summed E-state index contributed by atoms with van der Waals surface area (Å²) in [6.45, 7) is 1.85. The maximum absolute atomic E-state index is 10.0. The molecule has 0 aromatic rings. The molecule has 2 aliphatic rings. The highest BCUT2D eigenvalue weighted by Gasteiger charge is 2.46. The molecule has 22 heavy (non-hydrogen) atoms. The first-order valence-corrected chi connectivity index (χ1v) is 7.28. The Kier molecular flexibility index (Phi) is 5.75. The fourth-order valence-electron chi connectivity index (χ4n) is 2.98. The summed E-state index contributed by atoms with van der Waals surface area (Å²) in [5.74, 6) is 0. The van der Waals surface area contributed by atoms with Gasteiger partial charge in [0.2, 0.25) is 0 Å². The van der Waals surface area contributed by atoms with Gasteiger partial charge >= 0.3 is 0 Å². The Bertz CT molecular complexity index is 370. The molecular weight excluding hydrogens is 298 g/mol. The molecule has 9 atom stereocenters. The number of hydrogen-bond acceptors (Lipinski definition) is 9. The molecule has 0 spiro atoms. The molecule has 0 amide bonds. The fraction of sp³-hybridized carbons (Fsp3) is 1.00. The summed E-state index contributed by atoms with van der Waals surface area (Å²) >= 11 is 0. The van der Waals surface area contributed by atoms with Gasteiger partial charge in [-0.25, -0.2) is 0 Å². The summed E-state index contributed by atoms with van der Waals surface area (Å²) in [4.78, 5) is 1.65. The van der Waals surface area contributed by atoms with E-state index in [0.29, 0.717) is 0 Å². The van der Waals surface area contributed by atoms with Crippen molar-refractivity contribution in [2.24, 2.45) is 0 Å². The largest absolute Gasteiger partial charge is 0.389 e. The molecule has 2 saturated heterocycles. The SMILES string of the molecule is CO[C@H]1O[C@H](CN2C[C@H](O)[C@@H](O)[C@H](O)[C@H]2C)[C@@H](O)[C@H](O)[C@H]1O. The monoisotopic (exact) mass is 323 g/mol. The maximum Gasteiger partial charge on any atom is 0.186 e. The Morgan fingerprint density at radius 1 is 0.955 bits per heavy atom. The number of ether oxygens (including phenoxy) is 2. The third-order valence-electron chi connectivity index (χ3n) is 4.55. The van der Waals surface area contributed by atoms with Gasteiger partial charge in [0.15, 0.2) is 6.29 Å². The zero-order valence-electron chi connectivity index (χ0n) is 12.6. The smallest absolute Gasteiger partial charge is 0.186 e. The van der Waals surface area contributed by atoms with Gasteiger partial charge in [0, 0.05) is 26.2 Å². The molecular formula is C13H25NO8. The summed E-state index contributed by atoms with van der Waals surface area (Å²) in [5, 5.41) is 58.9. The van der Waals surface area contributed by atoms with Crippen molar-refractivity contribution in [3.8, 4) is 0 Å². The number of β-amino-alcohol motifs (C(OH)–C–C–N with tert-alkyl or cyclic N) is 1. The van der Waals surface area contributed by atoms with E-state index in [4.69, 9.17) is 9.47 Å². The second-order valence-electron chi connectivity index (χ2n) is 5.99. The predicted octanol–water partition coefficient (Wildman–Crippen LogP) is -3.77. The summed E-state index contributed by atoms with van der Waals surface area (Å²) in [7, 11) is 1.31. The molecule has 0 aliphatic carbocycles. The Balaban J connectivity index is 2.05. The molecule has 2 rings (SSSR count). The predicted molar refractivity (Wildman–Crippen MR) is 72.7 cm³/mol. The van der Waals surface area contributed by atoms with Crippen molar-refractivity contribution in [1.29, 1.82) is 0 Å². The van der Waals surface area contributed by atoms with Crippen LogP contribution in [0.15, 0.2) is 0 Å². The summed E-state index contributed by atoms with van der Waals surface area (Å²) in [6, 6.07) is -0.473. The lowest BCUT2D eigenvalue weighted by Gasteiger charge is -2.46. The number of hydrogen-bond donors (Lipinski definition) is 6. The molecule has 130 valence electrons. The van der Waals surface area contributed by atoms with Gasteiger partial charge in [-0.1, -0.05) is 0 Å². The number of methoxy groups -OCH3 is 1. The van der Waals surface area contributed by atoms with Crippen LogP contribution in [-0.4, -0.2) is 111 Å². The van der Waals surface area contributed by atoms with Crippen LogP contribution in [0.1, 0.15) is 6.92 Å². The summed E-state index contributed by atoms with van der Waals surface area (Å²) in [5.41, 5.74) is 0. The maximum atomic E-state index is 10.0. The van der Waals surface area contributed by atoms with E-state index >= 15 is 0 Å². The number of nitrogens with zero attached hydrogens (tertiary/aromatic N) is 1. The molecule has 0 unspecified atom stereocenters. The van der Waals surface area contributed by atoms with E-state index in [9.17, 15) is 30.6 Å². The van der Waals surface area contributed by atoms with Crippen molar-refractivity contribution in [1.82, 2.24) is 4.90 Å². The first-order chi connectivity index (χ1) is 10.3. The van der Waals surface area contributed by atoms with Crippen LogP contribution in [0.5, 0.6) is 0 Å². The van der Waals surface area contributed by atoms with Crippen molar-refractivity contribution in [2.75, 3.05) is 20.2 Å². The topological polar surface area (TPSA) is 143 Å². The standard InChI is InChI=1S/C13H25NO8/c1-5-8(16)9(17)6(15)3-14(5)4-7-10(18)11(19)12(20)13(21-2)22-7/h5-13,15-20H,3-4H2,1-2H3/t5-,6+,7-,8-,9-,10-,11+,12-,13+/m1/s1. The molecule has 2 heterocycles. The zero-order chi connectivity index (χ0) is 16.6. The number of piperidine rings is 1. The molecule has 0 aromatic heterocycles. The van der Waals surface area contributed by atoms with E-state index in [0.717, 1.165) is 0 Å². The van der Waals surface area contributed by atoms with Crippen molar-refractivity contribution in [3.05, 3.63) is 0 Å². The first kappa shape index (κ1) is 18.0. The summed E-state index contributed by atoms with van der Waals surface area (Å²) in [6.07, 6.45) is -9.59. The van der Waals surface area contributed by atoms with E-state index in [2.05, 4.69) is 0 Å². The molecule has 0 aromatic carbocycles. The van der Waals surface area contributed by atoms with Gasteiger partial charge in [-0.2, -0.15) is 0 Å². The van der Waals surface area contributed by atoms with E-state index < -0.39 is 55.1 Å². The van der Waals surface area contributed by atoms with Crippen molar-refractivity contribution in [2.45, 2.75) is 62.0 Å². The van der Waals surface area contributed by atoms with Gasteiger partial charge in [-0.05, 0) is 6.92 Å². The third-order valence-corrected chi connectivity index (χ3v) is 4.55. The fourth-order valence-corrected chi connectivity index (χ4v) is 2.98. The minimum Gasteiger partial charge on any atom is -0.389 e. The van der Waals surface area contributed by atoms with Gasteiger partial charge in [0.25, 0.3) is 0 Å². The van der Waals surface area contributed by atoms with E-state index in [1.165, 1.54) is 7.11 Å². The Hall–Kier alpha value is -0.360. The van der Waals surface area contributed by atoms with E-state index in [1.54, 1.807) is 11.8 Å². The number of rotatable bonds is 3. The molecule has 9 nitrogen and oxygen atoms in total. The third kappa shape index (κ3) is 3.28. The van der Waals surface area contributed by atoms with Gasteiger partial charge in [-0.3, -0.25) is 4.90 Å². The van der Waals surface area contributed by atoms with Crippen LogP contribution in [0.25, 0.3) is 0 Å². The average Bonchev–Trinajstić information content (AvgIpc) is 2.50. The van der Waals surface area contributed by atoms with Gasteiger partial charge in [0.05, 0.1) is 12.2 Å². The molecule has 6 N–H and O–H groups in total. The molecule has 0 bridgehead atoms. The first-order valence-electron chi connectivity index (χ1n) is 7.28. The van der Waals surface area contributed by atoms with Crippen LogP contribution in [0, 0.1) is 0 Å². The Morgan fingerprint density at radius 3 is 2.18 bits per heavy atom. The molecule has 0 saturated carbocycles. The number of likely N-dealkylation sites (tertiary alicyclic amines) is 1. The van der Waals surface area contributed by atoms with E-state index in [-0.39, 0.29) is 13.1 Å². The van der Waals surface area contributed by atoms with Crippen molar-refractivity contribution in [3.63, 3.8) is 0 Å². The highest BCUT2D eigenvalue weighted by Crippen LogP contribution is 2.25. The number of aliphatic hydroxyl groups excluding tert-OH is 6. The molecule has 2 aliphatic heterocycles. The highest BCUT2D eigenvalue weighted by molar-refractivity contribution is 4.96. The van der Waals surface area contributed by atoms with Gasteiger partial charge in [0.1, 0.15) is 30.5 Å². The van der Waals surface area contributed by atoms with Crippen LogP contribution in [0.2, 0.25) is 0 Å². The molecule has 9 heteroatoms. The van der Waals surface area contributed by atoms with Crippen LogP contribution in [0.4, 0.5) is 0 Å². The lowest BCUT2D eigenvalue weighted by Crippen LogP contribution is -2.65. The highest BCUT2D eigenvalue weighted by atomic mass is 16.7. The van der Waals surface area contributed by atoms with Gasteiger partial charge in [-0.15, -0.1) is 0 Å². The second kappa shape index (κ2) is 7.04.